The molecule has 9 heteroatoms. The van der Waals surface area contributed by atoms with Gasteiger partial charge in [0.2, 0.25) is 0 Å². The van der Waals surface area contributed by atoms with Gasteiger partial charge >= 0.3 is 5.97 Å². The van der Waals surface area contributed by atoms with Crippen LogP contribution in [-0.2, 0) is 14.3 Å². The van der Waals surface area contributed by atoms with Gasteiger partial charge in [0.1, 0.15) is 5.75 Å². The molecule has 2 rings (SSSR count). The van der Waals surface area contributed by atoms with Crippen LogP contribution < -0.4 is 10.1 Å². The van der Waals surface area contributed by atoms with Crippen molar-refractivity contribution in [1.29, 1.82) is 0 Å². The summed E-state index contributed by atoms with van der Waals surface area (Å²) in [5.41, 5.74) is 0.667. The number of nitro benzene ring substituents is 1. The maximum absolute atomic E-state index is 12.2. The standard InChI is InChI=1S/C19H17ClN2O6/c1-12(28-18(23)10-7-13-5-3-4-6-15(13)20)19(24)21-16-9-8-14(22(25)26)11-17(16)27-2/h3-12H,1-2H3,(H,21,24)/b10-7+/t12-/m1/s1. The average Bonchev–Trinajstić information content (AvgIpc) is 2.67. The zero-order valence-electron chi connectivity index (χ0n) is 15.0. The fourth-order valence-corrected chi connectivity index (χ4v) is 2.36. The number of nitrogens with one attached hydrogen (secondary N) is 1. The maximum Gasteiger partial charge on any atom is 0.331 e. The molecule has 2 aromatic rings. The number of ether oxygens (including phenoxy) is 2. The number of rotatable bonds is 7. The van der Waals surface area contributed by atoms with Crippen molar-refractivity contribution in [2.75, 3.05) is 12.4 Å². The van der Waals surface area contributed by atoms with Gasteiger partial charge in [0.15, 0.2) is 6.10 Å². The lowest BCUT2D eigenvalue weighted by Crippen LogP contribution is -2.29. The second kappa shape index (κ2) is 9.52. The number of anilines is 1. The minimum absolute atomic E-state index is 0.111. The fraction of sp³-hybridized carbons (Fsp3) is 0.158. The van der Waals surface area contributed by atoms with Gasteiger partial charge in [0.05, 0.1) is 23.8 Å². The first kappa shape index (κ1) is 20.9. The molecule has 8 nitrogen and oxygen atoms in total. The zero-order valence-corrected chi connectivity index (χ0v) is 15.8. The number of carbonyl (C=O) groups is 2. The normalized spacial score (nSPS) is 11.7. The molecule has 0 aliphatic carbocycles. The van der Waals surface area contributed by atoms with Gasteiger partial charge in [0.25, 0.3) is 11.6 Å². The Balaban J connectivity index is 2.00. The van der Waals surface area contributed by atoms with Gasteiger partial charge in [-0.1, -0.05) is 29.8 Å². The van der Waals surface area contributed by atoms with Crippen LogP contribution in [0.2, 0.25) is 5.02 Å². The predicted molar refractivity (Wildman–Crippen MR) is 104 cm³/mol. The largest absolute Gasteiger partial charge is 0.494 e. The first-order valence-electron chi connectivity index (χ1n) is 8.08. The van der Waals surface area contributed by atoms with E-state index in [1.54, 1.807) is 24.3 Å². The summed E-state index contributed by atoms with van der Waals surface area (Å²) in [4.78, 5) is 34.4. The van der Waals surface area contributed by atoms with E-state index in [2.05, 4.69) is 5.32 Å². The summed E-state index contributed by atoms with van der Waals surface area (Å²) in [6.07, 6.45) is 1.54. The van der Waals surface area contributed by atoms with E-state index in [9.17, 15) is 19.7 Å². The molecule has 0 heterocycles. The Morgan fingerprint density at radius 2 is 1.96 bits per heavy atom. The highest BCUT2D eigenvalue weighted by Crippen LogP contribution is 2.29. The van der Waals surface area contributed by atoms with Crippen molar-refractivity contribution in [3.63, 3.8) is 0 Å². The van der Waals surface area contributed by atoms with Crippen molar-refractivity contribution < 1.29 is 24.0 Å². The van der Waals surface area contributed by atoms with E-state index in [-0.39, 0.29) is 17.1 Å². The van der Waals surface area contributed by atoms with E-state index in [1.165, 1.54) is 38.3 Å². The minimum atomic E-state index is -1.11. The van der Waals surface area contributed by atoms with E-state index in [4.69, 9.17) is 21.1 Å². The van der Waals surface area contributed by atoms with Crippen molar-refractivity contribution in [3.8, 4) is 5.75 Å². The number of non-ortho nitro benzene ring substituents is 1. The molecular weight excluding hydrogens is 388 g/mol. The Morgan fingerprint density at radius 1 is 1.25 bits per heavy atom. The topological polar surface area (TPSA) is 108 Å². The second-order valence-electron chi connectivity index (χ2n) is 5.56. The number of carbonyl (C=O) groups excluding carboxylic acids is 2. The molecule has 0 saturated carbocycles. The molecule has 0 unspecified atom stereocenters. The molecule has 146 valence electrons. The van der Waals surface area contributed by atoms with Crippen LogP contribution in [-0.4, -0.2) is 30.0 Å². The molecule has 0 aromatic heterocycles. The molecule has 0 aliphatic heterocycles. The number of halogens is 1. The molecule has 0 bridgehead atoms. The molecule has 0 radical (unpaired) electrons. The van der Waals surface area contributed by atoms with Crippen molar-refractivity contribution in [2.45, 2.75) is 13.0 Å². The minimum Gasteiger partial charge on any atom is -0.494 e. The third-order valence-corrected chi connectivity index (χ3v) is 3.96. The molecule has 0 saturated heterocycles. The summed E-state index contributed by atoms with van der Waals surface area (Å²) in [6.45, 7) is 1.40. The average molecular weight is 405 g/mol. The molecule has 0 spiro atoms. The lowest BCUT2D eigenvalue weighted by atomic mass is 10.2. The third-order valence-electron chi connectivity index (χ3n) is 3.62. The first-order chi connectivity index (χ1) is 13.3. The highest BCUT2D eigenvalue weighted by molar-refractivity contribution is 6.32. The highest BCUT2D eigenvalue weighted by Gasteiger charge is 2.19. The van der Waals surface area contributed by atoms with Crippen LogP contribution in [0.4, 0.5) is 11.4 Å². The first-order valence-corrected chi connectivity index (χ1v) is 8.46. The Labute approximate surface area is 165 Å². The predicted octanol–water partition coefficient (Wildman–Crippen LogP) is 3.84. The summed E-state index contributed by atoms with van der Waals surface area (Å²) in [7, 11) is 1.32. The van der Waals surface area contributed by atoms with Crippen LogP contribution in [0.15, 0.2) is 48.5 Å². The zero-order chi connectivity index (χ0) is 20.7. The number of methoxy groups -OCH3 is 1. The van der Waals surface area contributed by atoms with Crippen molar-refractivity contribution in [1.82, 2.24) is 0 Å². The fourth-order valence-electron chi connectivity index (χ4n) is 2.17. The van der Waals surface area contributed by atoms with Crippen LogP contribution in [0.1, 0.15) is 12.5 Å². The Morgan fingerprint density at radius 3 is 2.61 bits per heavy atom. The summed E-state index contributed by atoms with van der Waals surface area (Å²) < 4.78 is 10.1. The van der Waals surface area contributed by atoms with Gasteiger partial charge < -0.3 is 14.8 Å². The molecular formula is C19H17ClN2O6. The Bertz CT molecular complexity index is 928. The molecule has 2 aromatic carbocycles. The summed E-state index contributed by atoms with van der Waals surface area (Å²) in [6, 6.07) is 10.7. The number of nitro groups is 1. The van der Waals surface area contributed by atoms with Crippen molar-refractivity contribution in [3.05, 3.63) is 69.2 Å². The van der Waals surface area contributed by atoms with E-state index in [0.717, 1.165) is 6.08 Å². The second-order valence-corrected chi connectivity index (χ2v) is 5.97. The van der Waals surface area contributed by atoms with Crippen LogP contribution in [0.25, 0.3) is 6.08 Å². The maximum atomic E-state index is 12.2. The molecule has 1 N–H and O–H groups in total. The number of nitrogens with zero attached hydrogens (tertiary/aromatic N) is 1. The van der Waals surface area contributed by atoms with Crippen LogP contribution in [0.3, 0.4) is 0 Å². The van der Waals surface area contributed by atoms with Crippen LogP contribution in [0, 0.1) is 10.1 Å². The molecule has 0 fully saturated rings. The summed E-state index contributed by atoms with van der Waals surface area (Å²) >= 11 is 5.99. The Kier molecular flexibility index (Phi) is 7.11. The summed E-state index contributed by atoms with van der Waals surface area (Å²) in [5.74, 6) is -1.23. The Hall–Kier alpha value is -3.39. The quantitative estimate of drug-likeness (QED) is 0.325. The molecule has 1 amide bonds. The third kappa shape index (κ3) is 5.55. The van der Waals surface area contributed by atoms with Gasteiger partial charge in [-0.2, -0.15) is 0 Å². The lowest BCUT2D eigenvalue weighted by Gasteiger charge is -2.14. The van der Waals surface area contributed by atoms with E-state index < -0.39 is 22.9 Å². The number of amides is 1. The lowest BCUT2D eigenvalue weighted by molar-refractivity contribution is -0.384. The number of hydrogen-bond acceptors (Lipinski definition) is 6. The van der Waals surface area contributed by atoms with Crippen molar-refractivity contribution in [2.24, 2.45) is 0 Å². The SMILES string of the molecule is COc1cc([N+](=O)[O-])ccc1NC(=O)[C@@H](C)OC(=O)/C=C/c1ccccc1Cl. The monoisotopic (exact) mass is 404 g/mol. The van der Waals surface area contributed by atoms with E-state index >= 15 is 0 Å². The van der Waals surface area contributed by atoms with E-state index in [0.29, 0.717) is 10.6 Å². The van der Waals surface area contributed by atoms with Crippen molar-refractivity contribution >= 4 is 40.9 Å². The molecule has 0 aliphatic rings. The van der Waals surface area contributed by atoms with Gasteiger partial charge in [0, 0.05) is 17.2 Å². The van der Waals surface area contributed by atoms with Crippen LogP contribution in [0.5, 0.6) is 5.75 Å². The van der Waals surface area contributed by atoms with Crippen LogP contribution >= 0.6 is 11.6 Å². The summed E-state index contributed by atoms with van der Waals surface area (Å²) in [5, 5.41) is 13.8. The van der Waals surface area contributed by atoms with Gasteiger partial charge in [-0.3, -0.25) is 14.9 Å². The van der Waals surface area contributed by atoms with Gasteiger partial charge in [-0.15, -0.1) is 0 Å². The van der Waals surface area contributed by atoms with E-state index in [1.807, 2.05) is 0 Å². The number of hydrogen-bond donors (Lipinski definition) is 1. The van der Waals surface area contributed by atoms with Gasteiger partial charge in [-0.25, -0.2) is 4.79 Å². The molecule has 1 atom stereocenters. The smallest absolute Gasteiger partial charge is 0.331 e. The number of esters is 1. The highest BCUT2D eigenvalue weighted by atomic mass is 35.5. The van der Waals surface area contributed by atoms with Gasteiger partial charge in [-0.05, 0) is 30.7 Å². The molecule has 28 heavy (non-hydrogen) atoms. The number of benzene rings is 2.